The molecule has 118 valence electrons. The van der Waals surface area contributed by atoms with Crippen molar-refractivity contribution in [2.75, 3.05) is 26.2 Å². The molecule has 0 aromatic rings. The predicted octanol–water partition coefficient (Wildman–Crippen LogP) is 1.37. The number of carbonyl (C=O) groups is 1. The molecular weight excluding hydrogens is 262 g/mol. The Balaban J connectivity index is 1.36. The van der Waals surface area contributed by atoms with Crippen LogP contribution in [0.25, 0.3) is 0 Å². The van der Waals surface area contributed by atoms with Crippen LogP contribution in [0, 0.1) is 17.8 Å². The minimum absolute atomic E-state index is 0.120. The standard InChI is InChI=1S/C17H29N3O/c21-17(16-9-12-3-1-2-4-15(12)19-16)20-7-5-13-10-18-11-14(13)6-8-20/h12-16,18-19H,1-11H2/t12?,13-,14+,15?,16?. The summed E-state index contributed by atoms with van der Waals surface area (Å²) >= 11 is 0. The van der Waals surface area contributed by atoms with E-state index in [1.54, 1.807) is 0 Å². The summed E-state index contributed by atoms with van der Waals surface area (Å²) in [6.45, 7) is 4.29. The van der Waals surface area contributed by atoms with Gasteiger partial charge in [-0.2, -0.15) is 0 Å². The van der Waals surface area contributed by atoms with Crippen molar-refractivity contribution < 1.29 is 4.79 Å². The number of nitrogens with zero attached hydrogens (tertiary/aromatic N) is 1. The van der Waals surface area contributed by atoms with Crippen LogP contribution in [0.5, 0.6) is 0 Å². The van der Waals surface area contributed by atoms with Gasteiger partial charge in [-0.1, -0.05) is 12.8 Å². The molecule has 3 heterocycles. The second-order valence-electron chi connectivity index (χ2n) is 7.69. The van der Waals surface area contributed by atoms with Gasteiger partial charge >= 0.3 is 0 Å². The quantitative estimate of drug-likeness (QED) is 0.767. The third kappa shape index (κ3) is 2.72. The normalized spacial score (nSPS) is 43.2. The maximum Gasteiger partial charge on any atom is 0.239 e. The number of amides is 1. The van der Waals surface area contributed by atoms with E-state index in [1.807, 2.05) is 0 Å². The van der Waals surface area contributed by atoms with Crippen molar-refractivity contribution in [2.24, 2.45) is 17.8 Å². The summed E-state index contributed by atoms with van der Waals surface area (Å²) in [6, 6.07) is 0.748. The first kappa shape index (κ1) is 14.0. The van der Waals surface area contributed by atoms with Crippen LogP contribution in [0.2, 0.25) is 0 Å². The zero-order valence-electron chi connectivity index (χ0n) is 13.0. The van der Waals surface area contributed by atoms with Crippen molar-refractivity contribution in [3.8, 4) is 0 Å². The second kappa shape index (κ2) is 5.88. The Morgan fingerprint density at radius 1 is 0.905 bits per heavy atom. The summed E-state index contributed by atoms with van der Waals surface area (Å²) in [5, 5.41) is 7.17. The number of fused-ring (bicyclic) bond motifs is 2. The lowest BCUT2D eigenvalue weighted by Crippen LogP contribution is -2.46. The molecule has 5 atom stereocenters. The van der Waals surface area contributed by atoms with Crippen LogP contribution in [-0.4, -0.2) is 49.1 Å². The smallest absolute Gasteiger partial charge is 0.239 e. The molecule has 3 aliphatic heterocycles. The fraction of sp³-hybridized carbons (Fsp3) is 0.941. The fourth-order valence-electron chi connectivity index (χ4n) is 5.17. The highest BCUT2D eigenvalue weighted by Gasteiger charge is 2.40. The number of hydrogen-bond donors (Lipinski definition) is 2. The van der Waals surface area contributed by atoms with Crippen LogP contribution in [0.1, 0.15) is 44.9 Å². The van der Waals surface area contributed by atoms with Gasteiger partial charge in [0.05, 0.1) is 6.04 Å². The molecule has 1 amide bonds. The van der Waals surface area contributed by atoms with E-state index in [0.29, 0.717) is 11.9 Å². The molecular formula is C17H29N3O. The second-order valence-corrected chi connectivity index (χ2v) is 7.69. The summed E-state index contributed by atoms with van der Waals surface area (Å²) in [5.74, 6) is 2.78. The van der Waals surface area contributed by atoms with E-state index in [-0.39, 0.29) is 6.04 Å². The maximum atomic E-state index is 12.9. The zero-order valence-corrected chi connectivity index (χ0v) is 13.0. The molecule has 21 heavy (non-hydrogen) atoms. The molecule has 4 aliphatic rings. The molecule has 1 aliphatic carbocycles. The van der Waals surface area contributed by atoms with E-state index in [1.165, 1.54) is 51.6 Å². The van der Waals surface area contributed by atoms with Crippen molar-refractivity contribution in [2.45, 2.75) is 57.0 Å². The summed E-state index contributed by atoms with van der Waals surface area (Å²) in [4.78, 5) is 15.0. The minimum Gasteiger partial charge on any atom is -0.341 e. The topological polar surface area (TPSA) is 44.4 Å². The van der Waals surface area contributed by atoms with Gasteiger partial charge in [-0.15, -0.1) is 0 Å². The molecule has 4 fully saturated rings. The molecule has 3 unspecified atom stereocenters. The van der Waals surface area contributed by atoms with Gasteiger partial charge in [0, 0.05) is 19.1 Å². The van der Waals surface area contributed by atoms with Gasteiger partial charge in [-0.3, -0.25) is 4.79 Å². The lowest BCUT2D eigenvalue weighted by molar-refractivity contribution is -0.133. The largest absolute Gasteiger partial charge is 0.341 e. The lowest BCUT2D eigenvalue weighted by Gasteiger charge is -2.25. The SMILES string of the molecule is O=C(C1CC2CCCCC2N1)N1CC[C@@H]2CNC[C@@H]2CC1. The van der Waals surface area contributed by atoms with Crippen LogP contribution in [-0.2, 0) is 4.79 Å². The van der Waals surface area contributed by atoms with Gasteiger partial charge in [0.2, 0.25) is 5.91 Å². The average molecular weight is 291 g/mol. The average Bonchev–Trinajstić information content (AvgIpc) is 3.09. The molecule has 0 bridgehead atoms. The van der Waals surface area contributed by atoms with Crippen molar-refractivity contribution in [3.63, 3.8) is 0 Å². The fourth-order valence-corrected chi connectivity index (χ4v) is 5.17. The Hall–Kier alpha value is -0.610. The van der Waals surface area contributed by atoms with Gasteiger partial charge < -0.3 is 15.5 Å². The molecule has 0 aromatic carbocycles. The molecule has 0 aromatic heterocycles. The molecule has 0 radical (unpaired) electrons. The van der Waals surface area contributed by atoms with Gasteiger partial charge in [-0.25, -0.2) is 0 Å². The Morgan fingerprint density at radius 3 is 2.33 bits per heavy atom. The first-order valence-corrected chi connectivity index (χ1v) is 9.07. The highest BCUT2D eigenvalue weighted by atomic mass is 16.2. The van der Waals surface area contributed by atoms with Gasteiger partial charge in [-0.05, 0) is 62.9 Å². The molecule has 3 saturated heterocycles. The van der Waals surface area contributed by atoms with Crippen molar-refractivity contribution >= 4 is 5.91 Å². The maximum absolute atomic E-state index is 12.9. The molecule has 4 heteroatoms. The third-order valence-corrected chi connectivity index (χ3v) is 6.49. The van der Waals surface area contributed by atoms with E-state index in [9.17, 15) is 4.79 Å². The minimum atomic E-state index is 0.120. The zero-order chi connectivity index (χ0) is 14.2. The number of likely N-dealkylation sites (tertiary alicyclic amines) is 1. The molecule has 2 N–H and O–H groups in total. The van der Waals surface area contributed by atoms with Crippen molar-refractivity contribution in [1.29, 1.82) is 0 Å². The summed E-state index contributed by atoms with van der Waals surface area (Å²) < 4.78 is 0. The highest BCUT2D eigenvalue weighted by Crippen LogP contribution is 2.34. The van der Waals surface area contributed by atoms with Gasteiger partial charge in [0.15, 0.2) is 0 Å². The molecule has 4 rings (SSSR count). The Labute approximate surface area is 128 Å². The van der Waals surface area contributed by atoms with Crippen LogP contribution < -0.4 is 10.6 Å². The first-order chi connectivity index (χ1) is 10.3. The first-order valence-electron chi connectivity index (χ1n) is 9.07. The van der Waals surface area contributed by atoms with E-state index in [0.717, 1.165) is 37.3 Å². The molecule has 1 saturated carbocycles. The number of carbonyl (C=O) groups excluding carboxylic acids is 1. The van der Waals surface area contributed by atoms with E-state index in [4.69, 9.17) is 0 Å². The van der Waals surface area contributed by atoms with Gasteiger partial charge in [0.1, 0.15) is 0 Å². The summed E-state index contributed by atoms with van der Waals surface area (Å²) in [7, 11) is 0. The van der Waals surface area contributed by atoms with E-state index in [2.05, 4.69) is 15.5 Å². The van der Waals surface area contributed by atoms with Gasteiger partial charge in [0.25, 0.3) is 0 Å². The Bertz CT molecular complexity index is 371. The van der Waals surface area contributed by atoms with Crippen molar-refractivity contribution in [1.82, 2.24) is 15.5 Å². The monoisotopic (exact) mass is 291 g/mol. The van der Waals surface area contributed by atoms with E-state index < -0.39 is 0 Å². The highest BCUT2D eigenvalue weighted by molar-refractivity contribution is 5.82. The molecule has 0 spiro atoms. The van der Waals surface area contributed by atoms with E-state index >= 15 is 0 Å². The van der Waals surface area contributed by atoms with Crippen molar-refractivity contribution in [3.05, 3.63) is 0 Å². The third-order valence-electron chi connectivity index (χ3n) is 6.49. The molecule has 4 nitrogen and oxygen atoms in total. The summed E-state index contributed by atoms with van der Waals surface area (Å²) in [6.07, 6.45) is 8.81. The Kier molecular flexibility index (Phi) is 3.92. The van der Waals surface area contributed by atoms with Crippen LogP contribution in [0.15, 0.2) is 0 Å². The van der Waals surface area contributed by atoms with Crippen LogP contribution in [0.4, 0.5) is 0 Å². The Morgan fingerprint density at radius 2 is 1.62 bits per heavy atom. The number of nitrogens with one attached hydrogen (secondary N) is 2. The number of hydrogen-bond acceptors (Lipinski definition) is 3. The van der Waals surface area contributed by atoms with Crippen LogP contribution in [0.3, 0.4) is 0 Å². The van der Waals surface area contributed by atoms with Crippen LogP contribution >= 0.6 is 0 Å². The summed E-state index contributed by atoms with van der Waals surface area (Å²) in [5.41, 5.74) is 0. The lowest BCUT2D eigenvalue weighted by atomic mass is 9.85. The predicted molar refractivity (Wildman–Crippen MR) is 83.0 cm³/mol. The number of rotatable bonds is 1.